The molecule has 2 heterocycles. The van der Waals surface area contributed by atoms with Crippen molar-refractivity contribution in [2.75, 3.05) is 20.8 Å². The lowest BCUT2D eigenvalue weighted by Gasteiger charge is -2.44. The topological polar surface area (TPSA) is 59.0 Å². The molecule has 130 valence electrons. The Bertz CT molecular complexity index is 867. The first-order valence-corrected chi connectivity index (χ1v) is 8.08. The van der Waals surface area contributed by atoms with E-state index in [4.69, 9.17) is 9.47 Å². The minimum Gasteiger partial charge on any atom is -0.493 e. The van der Waals surface area contributed by atoms with Gasteiger partial charge in [-0.05, 0) is 47.4 Å². The van der Waals surface area contributed by atoms with Gasteiger partial charge >= 0.3 is 0 Å². The molecule has 0 aromatic heterocycles. The molecule has 0 unspecified atom stereocenters. The van der Waals surface area contributed by atoms with E-state index in [1.807, 2.05) is 12.1 Å². The minimum absolute atomic E-state index is 0.229. The average Bonchev–Trinajstić information content (AvgIpc) is 2.63. The van der Waals surface area contributed by atoms with Gasteiger partial charge in [-0.25, -0.2) is 4.39 Å². The van der Waals surface area contributed by atoms with Crippen molar-refractivity contribution in [2.45, 2.75) is 18.6 Å². The number of amides is 1. The fourth-order valence-electron chi connectivity index (χ4n) is 3.84. The third kappa shape index (κ3) is 2.28. The highest BCUT2D eigenvalue weighted by Crippen LogP contribution is 2.47. The number of hydrogen-bond acceptors (Lipinski definition) is 4. The zero-order valence-corrected chi connectivity index (χ0v) is 14.0. The van der Waals surface area contributed by atoms with Gasteiger partial charge < -0.3 is 19.5 Å². The second-order valence-electron chi connectivity index (χ2n) is 6.28. The molecule has 2 aliphatic rings. The summed E-state index contributed by atoms with van der Waals surface area (Å²) in [6, 6.07) is 7.14. The van der Waals surface area contributed by atoms with E-state index in [0.29, 0.717) is 30.0 Å². The summed E-state index contributed by atoms with van der Waals surface area (Å²) < 4.78 is 24.3. The largest absolute Gasteiger partial charge is 0.493 e. The fourth-order valence-corrected chi connectivity index (χ4v) is 3.84. The molecule has 4 rings (SSSR count). The predicted octanol–water partition coefficient (Wildman–Crippen LogP) is 2.63. The molecule has 6 heteroatoms. The quantitative estimate of drug-likeness (QED) is 0.911. The molecule has 2 atom stereocenters. The number of ether oxygens (including phenoxy) is 2. The summed E-state index contributed by atoms with van der Waals surface area (Å²) in [7, 11) is 3.12. The van der Waals surface area contributed by atoms with Crippen LogP contribution >= 0.6 is 0 Å². The van der Waals surface area contributed by atoms with Crippen LogP contribution in [0.15, 0.2) is 30.3 Å². The molecule has 0 saturated heterocycles. The third-order valence-electron chi connectivity index (χ3n) is 5.05. The molecular formula is C19H18FNO4. The number of carbonyl (C=O) groups is 1. The maximum Gasteiger partial charge on any atom is 0.254 e. The Hall–Kier alpha value is -2.60. The van der Waals surface area contributed by atoms with Gasteiger partial charge in [0.15, 0.2) is 11.5 Å². The molecule has 25 heavy (non-hydrogen) atoms. The summed E-state index contributed by atoms with van der Waals surface area (Å²) >= 11 is 0. The number of hydrogen-bond donors (Lipinski definition) is 1. The van der Waals surface area contributed by atoms with E-state index in [0.717, 1.165) is 11.1 Å². The summed E-state index contributed by atoms with van der Waals surface area (Å²) in [6.45, 7) is 0.457. The Kier molecular flexibility index (Phi) is 3.65. The maximum absolute atomic E-state index is 13.6. The van der Waals surface area contributed by atoms with Crippen molar-refractivity contribution in [3.05, 3.63) is 58.4 Å². The number of aliphatic hydroxyl groups is 1. The smallest absolute Gasteiger partial charge is 0.254 e. The number of halogens is 1. The third-order valence-corrected chi connectivity index (χ3v) is 5.05. The minimum atomic E-state index is -0.926. The van der Waals surface area contributed by atoms with Gasteiger partial charge in [-0.3, -0.25) is 4.79 Å². The average molecular weight is 343 g/mol. The lowest BCUT2D eigenvalue weighted by molar-refractivity contribution is 0.0212. The molecule has 2 aliphatic heterocycles. The van der Waals surface area contributed by atoms with Gasteiger partial charge in [0.2, 0.25) is 0 Å². The summed E-state index contributed by atoms with van der Waals surface area (Å²) in [5.74, 6) is 0.424. The summed E-state index contributed by atoms with van der Waals surface area (Å²) in [5, 5.41) is 10.9. The van der Waals surface area contributed by atoms with E-state index in [-0.39, 0.29) is 11.5 Å². The summed E-state index contributed by atoms with van der Waals surface area (Å²) in [6.07, 6.45) is -0.291. The molecule has 0 radical (unpaired) electrons. The number of aliphatic hydroxyl groups excluding tert-OH is 1. The van der Waals surface area contributed by atoms with Crippen LogP contribution in [0.25, 0.3) is 0 Å². The molecule has 1 amide bonds. The molecule has 1 N–H and O–H groups in total. The zero-order chi connectivity index (χ0) is 17.7. The fraction of sp³-hybridized carbons (Fsp3) is 0.316. The van der Waals surface area contributed by atoms with Crippen molar-refractivity contribution in [3.8, 4) is 11.5 Å². The van der Waals surface area contributed by atoms with E-state index >= 15 is 0 Å². The normalized spacial score (nSPS) is 21.3. The first-order valence-electron chi connectivity index (χ1n) is 8.08. The van der Waals surface area contributed by atoms with E-state index in [9.17, 15) is 14.3 Å². The predicted molar refractivity (Wildman–Crippen MR) is 88.4 cm³/mol. The molecule has 0 saturated carbocycles. The van der Waals surface area contributed by atoms with Gasteiger partial charge in [-0.1, -0.05) is 6.07 Å². The number of benzene rings is 2. The zero-order valence-electron chi connectivity index (χ0n) is 14.0. The van der Waals surface area contributed by atoms with E-state index in [1.165, 1.54) is 18.2 Å². The van der Waals surface area contributed by atoms with Gasteiger partial charge in [0.25, 0.3) is 5.91 Å². The highest BCUT2D eigenvalue weighted by molar-refractivity contribution is 5.97. The van der Waals surface area contributed by atoms with Gasteiger partial charge in [0, 0.05) is 12.1 Å². The number of methoxy groups -OCH3 is 2. The Morgan fingerprint density at radius 3 is 2.56 bits per heavy atom. The van der Waals surface area contributed by atoms with Crippen molar-refractivity contribution in [3.63, 3.8) is 0 Å². The standard InChI is InChI=1S/C19H18FNO4/c1-24-15-7-10-5-6-21-17(13(10)9-16(15)25-2)18(22)12-4-3-11(20)8-14(12)19(21)23/h3-4,7-9,17-18,22H,5-6H2,1-2H3/t17-,18+/m1/s1. The maximum atomic E-state index is 13.6. The number of rotatable bonds is 2. The van der Waals surface area contributed by atoms with E-state index < -0.39 is 18.0 Å². The highest BCUT2D eigenvalue weighted by Gasteiger charge is 2.43. The summed E-state index contributed by atoms with van der Waals surface area (Å²) in [4.78, 5) is 14.4. The molecule has 2 aromatic rings. The SMILES string of the molecule is COc1cc2c(cc1OC)[C@@H]1[C@@H](O)c3ccc(F)cc3C(=O)N1CC2. The Morgan fingerprint density at radius 2 is 1.84 bits per heavy atom. The number of nitrogens with zero attached hydrogens (tertiary/aromatic N) is 1. The second-order valence-corrected chi connectivity index (χ2v) is 6.28. The Labute approximate surface area is 144 Å². The van der Waals surface area contributed by atoms with Gasteiger partial charge in [0.1, 0.15) is 11.9 Å². The van der Waals surface area contributed by atoms with Crippen LogP contribution in [0.3, 0.4) is 0 Å². The molecule has 2 aromatic carbocycles. The van der Waals surface area contributed by atoms with E-state index in [2.05, 4.69) is 0 Å². The van der Waals surface area contributed by atoms with Crippen molar-refractivity contribution in [2.24, 2.45) is 0 Å². The summed E-state index contributed by atoms with van der Waals surface area (Å²) in [5.41, 5.74) is 2.53. The molecule has 0 spiro atoms. The van der Waals surface area contributed by atoms with Crippen molar-refractivity contribution >= 4 is 5.91 Å². The van der Waals surface area contributed by atoms with Crippen molar-refractivity contribution in [1.29, 1.82) is 0 Å². The van der Waals surface area contributed by atoms with Gasteiger partial charge in [-0.2, -0.15) is 0 Å². The van der Waals surface area contributed by atoms with Crippen LogP contribution in [-0.4, -0.2) is 36.7 Å². The lowest BCUT2D eigenvalue weighted by Crippen LogP contribution is -2.46. The van der Waals surface area contributed by atoms with Crippen LogP contribution in [0.1, 0.15) is 39.2 Å². The van der Waals surface area contributed by atoms with Gasteiger partial charge in [-0.15, -0.1) is 0 Å². The molecule has 0 aliphatic carbocycles. The van der Waals surface area contributed by atoms with Crippen molar-refractivity contribution < 1.29 is 23.8 Å². The van der Waals surface area contributed by atoms with Crippen LogP contribution in [0, 0.1) is 5.82 Å². The van der Waals surface area contributed by atoms with Gasteiger partial charge in [0.05, 0.1) is 20.3 Å². The first kappa shape index (κ1) is 15.9. The Morgan fingerprint density at radius 1 is 1.12 bits per heavy atom. The molecule has 5 nitrogen and oxygen atoms in total. The van der Waals surface area contributed by atoms with Crippen LogP contribution in [0.2, 0.25) is 0 Å². The van der Waals surface area contributed by atoms with Crippen LogP contribution < -0.4 is 9.47 Å². The highest BCUT2D eigenvalue weighted by atomic mass is 19.1. The van der Waals surface area contributed by atoms with Crippen LogP contribution in [0.4, 0.5) is 4.39 Å². The molecule has 0 fully saturated rings. The van der Waals surface area contributed by atoms with Crippen LogP contribution in [-0.2, 0) is 6.42 Å². The second kappa shape index (κ2) is 5.74. The van der Waals surface area contributed by atoms with E-state index in [1.54, 1.807) is 19.1 Å². The molecular weight excluding hydrogens is 325 g/mol. The monoisotopic (exact) mass is 343 g/mol. The molecule has 0 bridgehead atoms. The number of carbonyl (C=O) groups excluding carboxylic acids is 1. The first-order chi connectivity index (χ1) is 12.0. The van der Waals surface area contributed by atoms with Crippen molar-refractivity contribution in [1.82, 2.24) is 4.90 Å². The lowest BCUT2D eigenvalue weighted by atomic mass is 9.81. The number of fused-ring (bicyclic) bond motifs is 4. The van der Waals surface area contributed by atoms with Crippen LogP contribution in [0.5, 0.6) is 11.5 Å². The Balaban J connectivity index is 1.87.